The Labute approximate surface area is 239 Å². The van der Waals surface area contributed by atoms with Gasteiger partial charge in [0.05, 0.1) is 0 Å². The van der Waals surface area contributed by atoms with Crippen molar-refractivity contribution in [2.45, 2.75) is 58.0 Å². The van der Waals surface area contributed by atoms with Crippen LogP contribution in [0.2, 0.25) is 0 Å². The van der Waals surface area contributed by atoms with Crippen molar-refractivity contribution in [2.75, 3.05) is 0 Å². The van der Waals surface area contributed by atoms with Crippen LogP contribution in [-0.4, -0.2) is 0 Å². The second-order valence-electron chi connectivity index (χ2n) is 11.7. The van der Waals surface area contributed by atoms with Crippen LogP contribution in [0.1, 0.15) is 91.4 Å². The third kappa shape index (κ3) is 5.42. The van der Waals surface area contributed by atoms with E-state index in [0.717, 1.165) is 36.1 Å². The predicted octanol–water partition coefficient (Wildman–Crippen LogP) is 9.41. The molecule has 3 aliphatic carbocycles. The zero-order valence-corrected chi connectivity index (χ0v) is 23.8. The zero-order chi connectivity index (χ0) is 27.6. The standard InChI is InChI=1S/C38H40N2/c1-25-9-12-29(13-10-25)34-21-22-35-26(2)11-14-31-19-20-33(23-36(31)37(35)24-34)30-17-15-28(16-18-30)27(3)40-38(39)32-7-5-4-6-8-32/h4-9,12-13,15-18,21-26,38,40H,3,10-11,14,19-20,39H2,1-2H3. The molecule has 40 heavy (non-hydrogen) atoms. The molecular formula is C38H40N2. The van der Waals surface area contributed by atoms with Crippen LogP contribution in [0.5, 0.6) is 0 Å². The van der Waals surface area contributed by atoms with E-state index in [0.29, 0.717) is 11.8 Å². The van der Waals surface area contributed by atoms with Crippen molar-refractivity contribution in [3.63, 3.8) is 0 Å². The van der Waals surface area contributed by atoms with E-state index in [1.54, 1.807) is 5.57 Å². The Morgan fingerprint density at radius 1 is 0.925 bits per heavy atom. The van der Waals surface area contributed by atoms with Crippen LogP contribution >= 0.6 is 0 Å². The average molecular weight is 525 g/mol. The van der Waals surface area contributed by atoms with Crippen LogP contribution in [0.15, 0.2) is 109 Å². The lowest BCUT2D eigenvalue weighted by atomic mass is 9.83. The van der Waals surface area contributed by atoms with E-state index in [2.05, 4.69) is 92.5 Å². The molecule has 6 rings (SSSR count). The summed E-state index contributed by atoms with van der Waals surface area (Å²) < 4.78 is 0. The average Bonchev–Trinajstić information content (AvgIpc) is 3.13. The van der Waals surface area contributed by atoms with E-state index in [4.69, 9.17) is 5.73 Å². The van der Waals surface area contributed by atoms with Crippen molar-refractivity contribution in [3.8, 4) is 0 Å². The second kappa shape index (κ2) is 11.3. The highest BCUT2D eigenvalue weighted by Crippen LogP contribution is 2.44. The summed E-state index contributed by atoms with van der Waals surface area (Å²) >= 11 is 0. The maximum Gasteiger partial charge on any atom is 0.101 e. The van der Waals surface area contributed by atoms with Crippen LogP contribution in [0, 0.1) is 5.92 Å². The van der Waals surface area contributed by atoms with Crippen molar-refractivity contribution < 1.29 is 0 Å². The minimum absolute atomic E-state index is 0.286. The summed E-state index contributed by atoms with van der Waals surface area (Å²) in [7, 11) is 0. The molecule has 2 heteroatoms. The number of fused-ring (bicyclic) bond motifs is 2. The highest BCUT2D eigenvalue weighted by molar-refractivity contribution is 5.90. The van der Waals surface area contributed by atoms with Gasteiger partial charge >= 0.3 is 0 Å². The minimum atomic E-state index is -0.286. The van der Waals surface area contributed by atoms with E-state index >= 15 is 0 Å². The molecule has 3 atom stereocenters. The molecule has 2 nitrogen and oxygen atoms in total. The first-order valence-electron chi connectivity index (χ1n) is 14.8. The van der Waals surface area contributed by atoms with Crippen molar-refractivity contribution in [2.24, 2.45) is 11.7 Å². The molecule has 0 fully saturated rings. The molecule has 0 spiro atoms. The maximum atomic E-state index is 6.37. The van der Waals surface area contributed by atoms with Gasteiger partial charge in [0.15, 0.2) is 0 Å². The van der Waals surface area contributed by atoms with Gasteiger partial charge in [-0.3, -0.25) is 0 Å². The summed E-state index contributed by atoms with van der Waals surface area (Å²) in [6, 6.07) is 26.1. The Morgan fingerprint density at radius 3 is 2.45 bits per heavy atom. The first kappa shape index (κ1) is 26.3. The first-order valence-corrected chi connectivity index (χ1v) is 14.8. The van der Waals surface area contributed by atoms with Crippen molar-refractivity contribution in [3.05, 3.63) is 143 Å². The van der Waals surface area contributed by atoms with Gasteiger partial charge < -0.3 is 11.1 Å². The van der Waals surface area contributed by atoms with E-state index in [9.17, 15) is 0 Å². The molecule has 0 aromatic heterocycles. The lowest BCUT2D eigenvalue weighted by Crippen LogP contribution is -2.27. The van der Waals surface area contributed by atoms with Crippen LogP contribution in [0.25, 0.3) is 22.4 Å². The molecule has 0 heterocycles. The Bertz CT molecular complexity index is 1530. The van der Waals surface area contributed by atoms with Gasteiger partial charge in [-0.1, -0.05) is 117 Å². The fraction of sp³-hybridized carbons (Fsp3) is 0.263. The van der Waals surface area contributed by atoms with Gasteiger partial charge in [0, 0.05) is 5.70 Å². The summed E-state index contributed by atoms with van der Waals surface area (Å²) in [5, 5.41) is 3.36. The summed E-state index contributed by atoms with van der Waals surface area (Å²) in [5.74, 6) is 1.20. The number of rotatable bonds is 6. The number of benzene rings is 3. The van der Waals surface area contributed by atoms with Crippen LogP contribution in [0.3, 0.4) is 0 Å². The molecule has 0 bridgehead atoms. The van der Waals surface area contributed by atoms with Crippen LogP contribution in [-0.2, 0) is 0 Å². The van der Waals surface area contributed by atoms with Crippen LogP contribution < -0.4 is 11.1 Å². The van der Waals surface area contributed by atoms with Gasteiger partial charge in [0.25, 0.3) is 0 Å². The van der Waals surface area contributed by atoms with E-state index in [-0.39, 0.29) is 6.17 Å². The van der Waals surface area contributed by atoms with Crippen molar-refractivity contribution in [1.29, 1.82) is 0 Å². The van der Waals surface area contributed by atoms with Crippen molar-refractivity contribution >= 4 is 22.4 Å². The normalized spacial score (nSPS) is 21.0. The predicted molar refractivity (Wildman–Crippen MR) is 171 cm³/mol. The molecule has 0 amide bonds. The third-order valence-corrected chi connectivity index (χ3v) is 8.89. The fourth-order valence-corrected chi connectivity index (χ4v) is 6.31. The number of nitrogens with one attached hydrogen (secondary N) is 1. The molecule has 202 valence electrons. The smallest absolute Gasteiger partial charge is 0.101 e. The van der Waals surface area contributed by atoms with E-state index in [1.165, 1.54) is 51.8 Å². The molecule has 0 radical (unpaired) electrons. The highest BCUT2D eigenvalue weighted by atomic mass is 15.0. The molecule has 3 aromatic rings. The summed E-state index contributed by atoms with van der Waals surface area (Å²) in [5.41, 5.74) is 20.7. The summed E-state index contributed by atoms with van der Waals surface area (Å²) in [4.78, 5) is 0. The topological polar surface area (TPSA) is 38.0 Å². The number of allylic oxidation sites excluding steroid dienone is 8. The largest absolute Gasteiger partial charge is 0.366 e. The number of hydrogen-bond acceptors (Lipinski definition) is 2. The monoisotopic (exact) mass is 524 g/mol. The lowest BCUT2D eigenvalue weighted by molar-refractivity contribution is 0.668. The van der Waals surface area contributed by atoms with E-state index in [1.807, 2.05) is 30.3 Å². The van der Waals surface area contributed by atoms with E-state index < -0.39 is 0 Å². The Hall–Kier alpha value is -3.88. The molecule has 0 aliphatic heterocycles. The number of hydrogen-bond donors (Lipinski definition) is 2. The van der Waals surface area contributed by atoms with Gasteiger partial charge in [-0.15, -0.1) is 0 Å². The Kier molecular flexibility index (Phi) is 7.45. The fourth-order valence-electron chi connectivity index (χ4n) is 6.31. The molecule has 0 saturated carbocycles. The van der Waals surface area contributed by atoms with Gasteiger partial charge in [-0.2, -0.15) is 0 Å². The molecule has 0 saturated heterocycles. The highest BCUT2D eigenvalue weighted by Gasteiger charge is 2.24. The SMILES string of the molecule is C=C(NC(N)c1ccccc1)c1ccc(C2=CC3=C(CC2)CCC(C)c2ccc(C4=CCC(C)C=C4)cc23)cc1. The molecule has 3 unspecified atom stereocenters. The second-order valence-corrected chi connectivity index (χ2v) is 11.7. The van der Waals surface area contributed by atoms with Gasteiger partial charge in [-0.05, 0) is 100 Å². The summed E-state index contributed by atoms with van der Waals surface area (Å²) in [6.07, 6.45) is 15.0. The Morgan fingerprint density at radius 2 is 1.70 bits per heavy atom. The van der Waals surface area contributed by atoms with Crippen LogP contribution in [0.4, 0.5) is 0 Å². The van der Waals surface area contributed by atoms with Gasteiger partial charge in [-0.25, -0.2) is 0 Å². The molecular weight excluding hydrogens is 484 g/mol. The van der Waals surface area contributed by atoms with Gasteiger partial charge in [0.2, 0.25) is 0 Å². The zero-order valence-electron chi connectivity index (χ0n) is 23.8. The number of nitrogens with two attached hydrogens (primary N) is 1. The minimum Gasteiger partial charge on any atom is -0.366 e. The lowest BCUT2D eigenvalue weighted by Gasteiger charge is -2.22. The maximum absolute atomic E-state index is 6.37. The molecule has 3 N–H and O–H groups in total. The third-order valence-electron chi connectivity index (χ3n) is 8.89. The quantitative estimate of drug-likeness (QED) is 0.315. The Balaban J connectivity index is 1.27. The first-order chi connectivity index (χ1) is 19.5. The molecule has 3 aromatic carbocycles. The summed E-state index contributed by atoms with van der Waals surface area (Å²) in [6.45, 7) is 8.94. The van der Waals surface area contributed by atoms with Gasteiger partial charge in [0.1, 0.15) is 6.17 Å². The van der Waals surface area contributed by atoms with Crippen molar-refractivity contribution in [1.82, 2.24) is 5.32 Å². The molecule has 3 aliphatic rings.